The zero-order chi connectivity index (χ0) is 27.5. The molecule has 200 valence electrons. The summed E-state index contributed by atoms with van der Waals surface area (Å²) >= 11 is 3.53. The molecule has 6 heteroatoms. The summed E-state index contributed by atoms with van der Waals surface area (Å²) in [5.74, 6) is -0.818. The summed E-state index contributed by atoms with van der Waals surface area (Å²) in [6, 6.07) is 23.9. The minimum Gasteiger partial charge on any atom is -0.356 e. The first-order chi connectivity index (χ1) is 18.1. The molecule has 2 unspecified atom stereocenters. The lowest BCUT2D eigenvalue weighted by molar-refractivity contribution is -0.132. The molecule has 0 spiro atoms. The minimum absolute atomic E-state index is 0.00349. The maximum atomic E-state index is 13.5. The fourth-order valence-electron chi connectivity index (χ4n) is 4.07. The summed E-state index contributed by atoms with van der Waals surface area (Å²) < 4.78 is 0. The number of likely N-dealkylation sites (N-methyl/N-ethyl adjacent to an activating group) is 1. The van der Waals surface area contributed by atoms with E-state index in [0.29, 0.717) is 13.1 Å². The van der Waals surface area contributed by atoms with Crippen molar-refractivity contribution in [2.24, 2.45) is 0 Å². The third-order valence-electron chi connectivity index (χ3n) is 6.00. The molecule has 0 saturated heterocycles. The fraction of sp³-hybridized carbons (Fsp3) is 0.387. The number of hydrogen-bond donors (Lipinski definition) is 2. The third kappa shape index (κ3) is 10.8. The van der Waals surface area contributed by atoms with Crippen LogP contribution in [0.4, 0.5) is 0 Å². The highest BCUT2D eigenvalue weighted by molar-refractivity contribution is 7.79. The van der Waals surface area contributed by atoms with E-state index in [1.807, 2.05) is 81.4 Å². The Balaban J connectivity index is 0.00000163. The van der Waals surface area contributed by atoms with Crippen LogP contribution in [0.1, 0.15) is 62.1 Å². The number of amides is 2. The lowest BCUT2D eigenvalue weighted by atomic mass is 9.78. The number of aromatic nitrogens is 1. The van der Waals surface area contributed by atoms with Crippen LogP contribution in [0, 0.1) is 0 Å². The number of hydrogen-bond acceptors (Lipinski definition) is 4. The molecule has 0 saturated carbocycles. The number of carbonyl (C=O) groups is 2. The van der Waals surface area contributed by atoms with Crippen LogP contribution in [0.5, 0.6) is 0 Å². The highest BCUT2D eigenvalue weighted by Crippen LogP contribution is 2.37. The van der Waals surface area contributed by atoms with Gasteiger partial charge in [-0.05, 0) is 48.8 Å². The number of carbonyl (C=O) groups excluding carboxylic acids is 2. The highest BCUT2D eigenvalue weighted by atomic mass is 32.1. The van der Waals surface area contributed by atoms with Crippen molar-refractivity contribution in [3.05, 3.63) is 102 Å². The lowest BCUT2D eigenvalue weighted by Gasteiger charge is -2.30. The minimum atomic E-state index is -0.485. The van der Waals surface area contributed by atoms with Crippen LogP contribution in [0.3, 0.4) is 0 Å². The van der Waals surface area contributed by atoms with Gasteiger partial charge in [-0.1, -0.05) is 80.6 Å². The molecule has 1 aromatic heterocycles. The predicted molar refractivity (Wildman–Crippen MR) is 158 cm³/mol. The molecule has 0 aliphatic heterocycles. The Morgan fingerprint density at radius 2 is 1.51 bits per heavy atom. The standard InChI is InChI=1S/C28H33N3O2.C2H6.CH4S/c1-3-31(2)28(33)27(24-17-11-18-29-21-24)25(23-15-8-5-9-16-23)20-26(32)30-19-10-14-22-12-6-4-7-13-22;2*1-2/h4-9,11-13,15-18,21,25,27H,3,10,14,19-20H2,1-2H3,(H,30,32);1-2H3;2H,1H3. The Kier molecular flexibility index (Phi) is 16.4. The molecule has 0 radical (unpaired) electrons. The van der Waals surface area contributed by atoms with Crippen LogP contribution in [-0.4, -0.2) is 48.1 Å². The van der Waals surface area contributed by atoms with Gasteiger partial charge in [0.05, 0.1) is 5.92 Å². The monoisotopic (exact) mass is 521 g/mol. The van der Waals surface area contributed by atoms with Crippen molar-refractivity contribution in [2.45, 2.75) is 51.9 Å². The molecule has 1 heterocycles. The molecular formula is C31H43N3O2S. The number of pyridine rings is 1. The van der Waals surface area contributed by atoms with E-state index < -0.39 is 5.92 Å². The fourth-order valence-corrected chi connectivity index (χ4v) is 4.07. The van der Waals surface area contributed by atoms with Crippen molar-refractivity contribution >= 4 is 24.4 Å². The van der Waals surface area contributed by atoms with E-state index in [2.05, 4.69) is 35.1 Å². The van der Waals surface area contributed by atoms with E-state index in [1.54, 1.807) is 30.6 Å². The molecule has 3 aromatic rings. The number of rotatable bonds is 11. The first-order valence-electron chi connectivity index (χ1n) is 13.0. The summed E-state index contributed by atoms with van der Waals surface area (Å²) in [4.78, 5) is 32.4. The van der Waals surface area contributed by atoms with Crippen molar-refractivity contribution < 1.29 is 9.59 Å². The summed E-state index contributed by atoms with van der Waals surface area (Å²) in [6.45, 7) is 7.16. The highest BCUT2D eigenvalue weighted by Gasteiger charge is 2.34. The molecule has 0 aliphatic carbocycles. The van der Waals surface area contributed by atoms with Crippen LogP contribution >= 0.6 is 12.6 Å². The summed E-state index contributed by atoms with van der Waals surface area (Å²) in [5.41, 5.74) is 3.07. The Bertz CT molecular complexity index is 1000. The summed E-state index contributed by atoms with van der Waals surface area (Å²) in [6.07, 6.45) is 7.15. The number of thiol groups is 1. The van der Waals surface area contributed by atoms with E-state index in [-0.39, 0.29) is 24.2 Å². The molecule has 0 aliphatic rings. The van der Waals surface area contributed by atoms with Crippen LogP contribution < -0.4 is 5.32 Å². The van der Waals surface area contributed by atoms with Gasteiger partial charge in [-0.25, -0.2) is 0 Å². The molecule has 2 aromatic carbocycles. The van der Waals surface area contributed by atoms with Crippen molar-refractivity contribution in [2.75, 3.05) is 26.4 Å². The van der Waals surface area contributed by atoms with Crippen LogP contribution in [0.25, 0.3) is 0 Å². The van der Waals surface area contributed by atoms with Crippen LogP contribution in [0.2, 0.25) is 0 Å². The second-order valence-electron chi connectivity index (χ2n) is 8.28. The van der Waals surface area contributed by atoms with E-state index in [4.69, 9.17) is 0 Å². The molecule has 1 N–H and O–H groups in total. The van der Waals surface area contributed by atoms with Crippen LogP contribution in [0.15, 0.2) is 85.2 Å². The molecule has 2 atom stereocenters. The number of nitrogens with zero attached hydrogens (tertiary/aromatic N) is 2. The SMILES string of the molecule is CC.CCN(C)C(=O)C(c1cccnc1)C(CC(=O)NCCCc1ccccc1)c1ccccc1.CS. The molecule has 5 nitrogen and oxygen atoms in total. The largest absolute Gasteiger partial charge is 0.356 e. The van der Waals surface area contributed by atoms with Gasteiger partial charge in [-0.3, -0.25) is 14.6 Å². The maximum absolute atomic E-state index is 13.5. The molecule has 0 bridgehead atoms. The Hall–Kier alpha value is -3.12. The average molecular weight is 522 g/mol. The third-order valence-corrected chi connectivity index (χ3v) is 6.00. The van der Waals surface area contributed by atoms with E-state index in [9.17, 15) is 9.59 Å². The van der Waals surface area contributed by atoms with E-state index in [0.717, 1.165) is 24.0 Å². The number of benzene rings is 2. The Morgan fingerprint density at radius 3 is 2.08 bits per heavy atom. The first-order valence-corrected chi connectivity index (χ1v) is 13.9. The van der Waals surface area contributed by atoms with Crippen molar-refractivity contribution in [3.8, 4) is 0 Å². The van der Waals surface area contributed by atoms with Gasteiger partial charge in [0.25, 0.3) is 0 Å². The summed E-state index contributed by atoms with van der Waals surface area (Å²) in [5, 5.41) is 3.06. The van der Waals surface area contributed by atoms with Crippen molar-refractivity contribution in [1.82, 2.24) is 15.2 Å². The smallest absolute Gasteiger partial charge is 0.230 e. The van der Waals surface area contributed by atoms with Gasteiger partial charge in [0.2, 0.25) is 11.8 Å². The maximum Gasteiger partial charge on any atom is 0.230 e. The lowest BCUT2D eigenvalue weighted by Crippen LogP contribution is -2.36. The molecule has 2 amide bonds. The quantitative estimate of drug-likeness (QED) is 0.235. The second-order valence-corrected chi connectivity index (χ2v) is 8.28. The van der Waals surface area contributed by atoms with E-state index in [1.165, 1.54) is 5.56 Å². The van der Waals surface area contributed by atoms with Crippen LogP contribution in [-0.2, 0) is 16.0 Å². The predicted octanol–water partition coefficient (Wildman–Crippen LogP) is 6.14. The molecular weight excluding hydrogens is 478 g/mol. The van der Waals surface area contributed by atoms with E-state index >= 15 is 0 Å². The Labute approximate surface area is 229 Å². The normalized spacial score (nSPS) is 11.5. The second kappa shape index (κ2) is 19.1. The van der Waals surface area contributed by atoms with Gasteiger partial charge < -0.3 is 10.2 Å². The zero-order valence-electron chi connectivity index (χ0n) is 22.9. The Morgan fingerprint density at radius 1 is 0.919 bits per heavy atom. The molecule has 0 fully saturated rings. The van der Waals surface area contributed by atoms with Gasteiger partial charge in [-0.15, -0.1) is 0 Å². The van der Waals surface area contributed by atoms with Gasteiger partial charge in [-0.2, -0.15) is 12.6 Å². The van der Waals surface area contributed by atoms with Gasteiger partial charge in [0, 0.05) is 44.9 Å². The first kappa shape index (κ1) is 31.9. The van der Waals surface area contributed by atoms with Gasteiger partial charge in [0.15, 0.2) is 0 Å². The topological polar surface area (TPSA) is 62.3 Å². The van der Waals surface area contributed by atoms with Crippen molar-refractivity contribution in [1.29, 1.82) is 0 Å². The summed E-state index contributed by atoms with van der Waals surface area (Å²) in [7, 11) is 1.80. The molecule has 3 rings (SSSR count). The zero-order valence-corrected chi connectivity index (χ0v) is 23.8. The molecule has 37 heavy (non-hydrogen) atoms. The van der Waals surface area contributed by atoms with Gasteiger partial charge in [0.1, 0.15) is 0 Å². The van der Waals surface area contributed by atoms with Crippen molar-refractivity contribution in [3.63, 3.8) is 0 Å². The number of nitrogens with one attached hydrogen (secondary N) is 1. The number of aryl methyl sites for hydroxylation is 1. The van der Waals surface area contributed by atoms with Gasteiger partial charge >= 0.3 is 0 Å². The average Bonchev–Trinajstić information content (AvgIpc) is 2.98.